The van der Waals surface area contributed by atoms with Crippen LogP contribution < -0.4 is 4.72 Å². The van der Waals surface area contributed by atoms with Gasteiger partial charge in [-0.05, 0) is 47.0 Å². The highest BCUT2D eigenvalue weighted by molar-refractivity contribution is 7.92. The monoisotopic (exact) mass is 402 g/mol. The third kappa shape index (κ3) is 3.40. The molecule has 0 unspecified atom stereocenters. The Kier molecular flexibility index (Phi) is 3.99. The first-order valence-corrected chi connectivity index (χ1v) is 11.1. The number of pyridine rings is 1. The molecule has 0 atom stereocenters. The molecule has 144 valence electrons. The van der Waals surface area contributed by atoms with Gasteiger partial charge in [0.05, 0.1) is 29.3 Å². The highest BCUT2D eigenvalue weighted by Gasteiger charge is 2.18. The molecule has 0 bridgehead atoms. The van der Waals surface area contributed by atoms with Crippen molar-refractivity contribution in [1.82, 2.24) is 15.0 Å². The van der Waals surface area contributed by atoms with Gasteiger partial charge in [-0.1, -0.05) is 24.3 Å². The van der Waals surface area contributed by atoms with E-state index < -0.39 is 10.0 Å². The molecule has 0 radical (unpaired) electrons. The molecule has 0 spiro atoms. The van der Waals surface area contributed by atoms with E-state index in [9.17, 15) is 8.42 Å². The minimum atomic E-state index is -3.33. The number of sulfonamides is 1. The van der Waals surface area contributed by atoms with Gasteiger partial charge in [-0.3, -0.25) is 9.71 Å². The molecule has 0 fully saturated rings. The molecule has 7 heteroatoms. The van der Waals surface area contributed by atoms with Gasteiger partial charge in [0.2, 0.25) is 10.0 Å². The number of anilines is 1. The first-order valence-electron chi connectivity index (χ1n) is 9.17. The number of nitrogens with one attached hydrogen (secondary N) is 2. The fourth-order valence-electron chi connectivity index (χ4n) is 3.71. The van der Waals surface area contributed by atoms with Crippen LogP contribution in [-0.2, 0) is 16.4 Å². The Morgan fingerprint density at radius 2 is 1.90 bits per heavy atom. The van der Waals surface area contributed by atoms with E-state index in [1.165, 1.54) is 0 Å². The number of imidazole rings is 1. The summed E-state index contributed by atoms with van der Waals surface area (Å²) >= 11 is 0. The summed E-state index contributed by atoms with van der Waals surface area (Å²) in [7, 11) is -3.33. The molecule has 2 N–H and O–H groups in total. The van der Waals surface area contributed by atoms with E-state index >= 15 is 0 Å². The lowest BCUT2D eigenvalue weighted by molar-refractivity contribution is 0.607. The second kappa shape index (κ2) is 6.56. The summed E-state index contributed by atoms with van der Waals surface area (Å²) in [4.78, 5) is 12.1. The zero-order valence-electron chi connectivity index (χ0n) is 15.7. The standard InChI is InChI=1S/C22H18N4O2S/c1-29(27,28)26-17-4-2-3-14(9-17)16-10-19-18(6-8-20(19)23-12-16)15-5-7-21-22(11-15)25-13-24-21/h2-7,9-13,26H,8H2,1H3,(H,24,25). The summed E-state index contributed by atoms with van der Waals surface area (Å²) in [5.41, 5.74) is 8.73. The molecule has 5 rings (SSSR count). The summed E-state index contributed by atoms with van der Waals surface area (Å²) in [5.74, 6) is 0. The van der Waals surface area contributed by atoms with Gasteiger partial charge >= 0.3 is 0 Å². The smallest absolute Gasteiger partial charge is 0.229 e. The number of allylic oxidation sites excluding steroid dienone is 1. The predicted molar refractivity (Wildman–Crippen MR) is 115 cm³/mol. The van der Waals surface area contributed by atoms with Gasteiger partial charge in [0.15, 0.2) is 0 Å². The van der Waals surface area contributed by atoms with Crippen LogP contribution in [0.5, 0.6) is 0 Å². The van der Waals surface area contributed by atoms with E-state index in [-0.39, 0.29) is 0 Å². The van der Waals surface area contributed by atoms with Gasteiger partial charge in [-0.2, -0.15) is 0 Å². The molecule has 2 aromatic heterocycles. The Morgan fingerprint density at radius 3 is 2.76 bits per heavy atom. The lowest BCUT2D eigenvalue weighted by atomic mass is 9.97. The molecule has 29 heavy (non-hydrogen) atoms. The summed E-state index contributed by atoms with van der Waals surface area (Å²) in [6.07, 6.45) is 7.67. The SMILES string of the molecule is CS(=O)(=O)Nc1cccc(-c2cnc3c(c2)C(c2ccc4nc[nH]c4c2)=CC3)c1. The second-order valence-corrected chi connectivity index (χ2v) is 8.88. The van der Waals surface area contributed by atoms with Crippen molar-refractivity contribution < 1.29 is 8.42 Å². The van der Waals surface area contributed by atoms with Crippen LogP contribution in [0.25, 0.3) is 27.7 Å². The zero-order valence-corrected chi connectivity index (χ0v) is 16.5. The van der Waals surface area contributed by atoms with Crippen LogP contribution >= 0.6 is 0 Å². The maximum atomic E-state index is 11.5. The van der Waals surface area contributed by atoms with Crippen LogP contribution in [0.2, 0.25) is 0 Å². The molecule has 0 aliphatic heterocycles. The van der Waals surface area contributed by atoms with Crippen molar-refractivity contribution in [1.29, 1.82) is 0 Å². The van der Waals surface area contributed by atoms with Crippen molar-refractivity contribution in [3.63, 3.8) is 0 Å². The van der Waals surface area contributed by atoms with Gasteiger partial charge in [-0.15, -0.1) is 0 Å². The quantitative estimate of drug-likeness (QED) is 0.540. The second-order valence-electron chi connectivity index (χ2n) is 7.13. The van der Waals surface area contributed by atoms with Crippen LogP contribution in [0.4, 0.5) is 5.69 Å². The average molecular weight is 402 g/mol. The number of rotatable bonds is 4. The number of aromatic amines is 1. The number of aromatic nitrogens is 3. The number of fused-ring (bicyclic) bond motifs is 2. The summed E-state index contributed by atoms with van der Waals surface area (Å²) in [5, 5.41) is 0. The first-order chi connectivity index (χ1) is 14.0. The van der Waals surface area contributed by atoms with E-state index in [0.717, 1.165) is 57.2 Å². The fourth-order valence-corrected chi connectivity index (χ4v) is 4.26. The normalized spacial score (nSPS) is 13.3. The van der Waals surface area contributed by atoms with Crippen molar-refractivity contribution >= 4 is 32.3 Å². The lowest BCUT2D eigenvalue weighted by Crippen LogP contribution is -2.09. The molecule has 0 saturated heterocycles. The highest BCUT2D eigenvalue weighted by Crippen LogP contribution is 2.35. The van der Waals surface area contributed by atoms with E-state index in [1.54, 1.807) is 12.4 Å². The van der Waals surface area contributed by atoms with Crippen LogP contribution in [0, 0.1) is 0 Å². The number of H-pyrrole nitrogens is 1. The maximum absolute atomic E-state index is 11.5. The van der Waals surface area contributed by atoms with Gasteiger partial charge in [-0.25, -0.2) is 13.4 Å². The Bertz CT molecular complexity index is 1390. The summed E-state index contributed by atoms with van der Waals surface area (Å²) in [6, 6.07) is 15.6. The Labute approximate surface area is 168 Å². The summed E-state index contributed by atoms with van der Waals surface area (Å²) in [6.45, 7) is 0. The van der Waals surface area contributed by atoms with Gasteiger partial charge < -0.3 is 4.98 Å². The average Bonchev–Trinajstić information content (AvgIpc) is 3.32. The molecule has 2 heterocycles. The van der Waals surface area contributed by atoms with Crippen molar-refractivity contribution in [3.05, 3.63) is 84.0 Å². The minimum absolute atomic E-state index is 0.533. The third-order valence-corrected chi connectivity index (χ3v) is 5.60. The van der Waals surface area contributed by atoms with Crippen LogP contribution in [0.3, 0.4) is 0 Å². The van der Waals surface area contributed by atoms with E-state index in [1.807, 2.05) is 30.5 Å². The van der Waals surface area contributed by atoms with Crippen molar-refractivity contribution in [2.24, 2.45) is 0 Å². The van der Waals surface area contributed by atoms with Crippen LogP contribution in [0.15, 0.2) is 67.1 Å². The van der Waals surface area contributed by atoms with Crippen LogP contribution in [-0.4, -0.2) is 29.6 Å². The number of benzene rings is 2. The molecule has 0 amide bonds. The fraction of sp³-hybridized carbons (Fsp3) is 0.0909. The predicted octanol–water partition coefficient (Wildman–Crippen LogP) is 3.98. The number of nitrogens with zero attached hydrogens (tertiary/aromatic N) is 2. The molecule has 6 nitrogen and oxygen atoms in total. The Hall–Kier alpha value is -3.45. The molecular weight excluding hydrogens is 384 g/mol. The Morgan fingerprint density at radius 1 is 1.00 bits per heavy atom. The molecular formula is C22H18N4O2S. The molecule has 2 aromatic carbocycles. The van der Waals surface area contributed by atoms with Crippen molar-refractivity contribution in [2.45, 2.75) is 6.42 Å². The highest BCUT2D eigenvalue weighted by atomic mass is 32.2. The minimum Gasteiger partial charge on any atom is -0.345 e. The third-order valence-electron chi connectivity index (χ3n) is 4.99. The van der Waals surface area contributed by atoms with Crippen molar-refractivity contribution in [3.8, 4) is 11.1 Å². The topological polar surface area (TPSA) is 87.7 Å². The van der Waals surface area contributed by atoms with Gasteiger partial charge in [0, 0.05) is 29.4 Å². The van der Waals surface area contributed by atoms with Crippen LogP contribution in [0.1, 0.15) is 16.8 Å². The molecule has 0 saturated carbocycles. The molecule has 1 aliphatic rings. The maximum Gasteiger partial charge on any atom is 0.229 e. The van der Waals surface area contributed by atoms with Gasteiger partial charge in [0.25, 0.3) is 0 Å². The lowest BCUT2D eigenvalue weighted by Gasteiger charge is -2.10. The summed E-state index contributed by atoms with van der Waals surface area (Å²) < 4.78 is 25.6. The Balaban J connectivity index is 1.54. The molecule has 4 aromatic rings. The number of hydrogen-bond donors (Lipinski definition) is 2. The van der Waals surface area contributed by atoms with E-state index in [0.29, 0.717) is 5.69 Å². The van der Waals surface area contributed by atoms with Gasteiger partial charge in [0.1, 0.15) is 0 Å². The first kappa shape index (κ1) is 17.6. The number of hydrogen-bond acceptors (Lipinski definition) is 4. The van der Waals surface area contributed by atoms with E-state index in [2.05, 4.69) is 43.9 Å². The largest absolute Gasteiger partial charge is 0.345 e. The molecule has 1 aliphatic carbocycles. The van der Waals surface area contributed by atoms with Crippen molar-refractivity contribution in [2.75, 3.05) is 11.0 Å². The van der Waals surface area contributed by atoms with E-state index in [4.69, 9.17) is 0 Å². The zero-order chi connectivity index (χ0) is 20.0.